The van der Waals surface area contributed by atoms with E-state index in [0.29, 0.717) is 16.3 Å². The summed E-state index contributed by atoms with van der Waals surface area (Å²) in [5, 5.41) is 7.98. The van der Waals surface area contributed by atoms with Crippen LogP contribution < -0.4 is 10.7 Å². The number of nitrogens with zero attached hydrogens (tertiary/aromatic N) is 2. The fourth-order valence-electron chi connectivity index (χ4n) is 3.05. The third kappa shape index (κ3) is 2.65. The number of fused-ring (bicyclic) bond motifs is 1. The molecule has 0 saturated heterocycles. The first kappa shape index (κ1) is 15.1. The van der Waals surface area contributed by atoms with Gasteiger partial charge in [0.2, 0.25) is 5.43 Å². The lowest BCUT2D eigenvalue weighted by Crippen LogP contribution is -2.40. The SMILES string of the molecule is CCS[C@H]1CCC[C@@H]1NC(=O)c1c[nH]c2c(cnn2C)c1=O. The predicted octanol–water partition coefficient (Wildman–Crippen LogP) is 1.67. The van der Waals surface area contributed by atoms with Crippen molar-refractivity contribution in [1.29, 1.82) is 0 Å². The van der Waals surface area contributed by atoms with Gasteiger partial charge in [-0.05, 0) is 18.6 Å². The van der Waals surface area contributed by atoms with Crippen molar-refractivity contribution in [3.8, 4) is 0 Å². The first-order valence-corrected chi connectivity index (χ1v) is 8.62. The van der Waals surface area contributed by atoms with Crippen molar-refractivity contribution in [2.75, 3.05) is 5.75 Å². The highest BCUT2D eigenvalue weighted by atomic mass is 32.2. The Hall–Kier alpha value is -1.76. The fourth-order valence-corrected chi connectivity index (χ4v) is 4.24. The minimum absolute atomic E-state index is 0.154. The van der Waals surface area contributed by atoms with Crippen molar-refractivity contribution in [2.45, 2.75) is 37.5 Å². The smallest absolute Gasteiger partial charge is 0.257 e. The molecule has 118 valence electrons. The van der Waals surface area contributed by atoms with Crippen LogP contribution in [0.1, 0.15) is 36.5 Å². The summed E-state index contributed by atoms with van der Waals surface area (Å²) in [7, 11) is 1.75. The number of hydrogen-bond acceptors (Lipinski definition) is 4. The number of aryl methyl sites for hydroxylation is 1. The Morgan fingerprint density at radius 1 is 1.55 bits per heavy atom. The third-order valence-electron chi connectivity index (χ3n) is 4.18. The molecule has 6 nitrogen and oxygen atoms in total. The average molecular weight is 320 g/mol. The standard InChI is InChI=1S/C15H20N4O2S/c1-3-22-12-6-4-5-11(12)18-15(21)10-7-16-14-9(13(10)20)8-17-19(14)2/h7-8,11-12H,3-6H2,1-2H3,(H,16,20)(H,18,21)/t11-,12-/m0/s1. The van der Waals surface area contributed by atoms with E-state index in [1.807, 2.05) is 11.8 Å². The molecule has 0 aliphatic heterocycles. The van der Waals surface area contributed by atoms with Gasteiger partial charge in [-0.25, -0.2) is 0 Å². The van der Waals surface area contributed by atoms with E-state index in [4.69, 9.17) is 0 Å². The maximum atomic E-state index is 12.5. The monoisotopic (exact) mass is 320 g/mol. The molecule has 1 aliphatic carbocycles. The van der Waals surface area contributed by atoms with Crippen molar-refractivity contribution >= 4 is 28.7 Å². The quantitative estimate of drug-likeness (QED) is 0.898. The number of hydrogen-bond donors (Lipinski definition) is 2. The Labute approximate surface area is 132 Å². The Kier molecular flexibility index (Phi) is 4.24. The number of carbonyl (C=O) groups is 1. The number of carbonyl (C=O) groups excluding carboxylic acids is 1. The maximum Gasteiger partial charge on any atom is 0.257 e. The van der Waals surface area contributed by atoms with Gasteiger partial charge in [0.15, 0.2) is 0 Å². The molecule has 1 aliphatic rings. The molecule has 1 fully saturated rings. The molecule has 2 atom stereocenters. The van der Waals surface area contributed by atoms with Gasteiger partial charge >= 0.3 is 0 Å². The van der Waals surface area contributed by atoms with E-state index in [1.165, 1.54) is 12.4 Å². The molecular weight excluding hydrogens is 300 g/mol. The second kappa shape index (κ2) is 6.16. The average Bonchev–Trinajstić information content (AvgIpc) is 3.08. The summed E-state index contributed by atoms with van der Waals surface area (Å²) in [6.07, 6.45) is 6.22. The van der Waals surface area contributed by atoms with Crippen LogP contribution in [0.3, 0.4) is 0 Å². The van der Waals surface area contributed by atoms with Gasteiger partial charge in [0.25, 0.3) is 5.91 Å². The number of amides is 1. The molecule has 1 amide bonds. The first-order chi connectivity index (χ1) is 10.6. The molecule has 0 aromatic carbocycles. The molecule has 22 heavy (non-hydrogen) atoms. The molecule has 2 aromatic rings. The van der Waals surface area contributed by atoms with Gasteiger partial charge in [0.05, 0.1) is 11.6 Å². The van der Waals surface area contributed by atoms with Gasteiger partial charge in [0, 0.05) is 24.5 Å². The van der Waals surface area contributed by atoms with Crippen molar-refractivity contribution in [3.63, 3.8) is 0 Å². The molecule has 0 unspecified atom stereocenters. The molecule has 2 N–H and O–H groups in total. The van der Waals surface area contributed by atoms with E-state index in [2.05, 4.69) is 22.3 Å². The fraction of sp³-hybridized carbons (Fsp3) is 0.533. The van der Waals surface area contributed by atoms with Crippen LogP contribution in [0.5, 0.6) is 0 Å². The van der Waals surface area contributed by atoms with Gasteiger partial charge in [-0.15, -0.1) is 0 Å². The van der Waals surface area contributed by atoms with E-state index in [9.17, 15) is 9.59 Å². The second-order valence-corrected chi connectivity index (χ2v) is 7.08. The van der Waals surface area contributed by atoms with E-state index in [1.54, 1.807) is 11.7 Å². The van der Waals surface area contributed by atoms with Gasteiger partial charge in [0.1, 0.15) is 11.2 Å². The summed E-state index contributed by atoms with van der Waals surface area (Å²) < 4.78 is 1.59. The zero-order valence-electron chi connectivity index (χ0n) is 12.8. The lowest BCUT2D eigenvalue weighted by atomic mass is 10.2. The summed E-state index contributed by atoms with van der Waals surface area (Å²) in [6, 6.07) is 0.154. The zero-order valence-corrected chi connectivity index (χ0v) is 13.6. The number of aromatic amines is 1. The Balaban J connectivity index is 1.83. The van der Waals surface area contributed by atoms with E-state index in [-0.39, 0.29) is 22.9 Å². The van der Waals surface area contributed by atoms with Crippen molar-refractivity contribution in [1.82, 2.24) is 20.1 Å². The lowest BCUT2D eigenvalue weighted by molar-refractivity contribution is 0.0937. The highest BCUT2D eigenvalue weighted by molar-refractivity contribution is 7.99. The van der Waals surface area contributed by atoms with Crippen molar-refractivity contribution < 1.29 is 4.79 Å². The number of nitrogens with one attached hydrogen (secondary N) is 2. The van der Waals surface area contributed by atoms with E-state index in [0.717, 1.165) is 25.0 Å². The molecule has 0 radical (unpaired) electrons. The molecule has 2 aromatic heterocycles. The number of aromatic nitrogens is 3. The lowest BCUT2D eigenvalue weighted by Gasteiger charge is -2.19. The zero-order chi connectivity index (χ0) is 15.7. The van der Waals surface area contributed by atoms with Crippen molar-refractivity contribution in [2.24, 2.45) is 7.05 Å². The van der Waals surface area contributed by atoms with Crippen LogP contribution in [0.15, 0.2) is 17.2 Å². The first-order valence-electron chi connectivity index (χ1n) is 7.57. The second-order valence-electron chi connectivity index (χ2n) is 5.57. The summed E-state index contributed by atoms with van der Waals surface area (Å²) in [6.45, 7) is 2.13. The summed E-state index contributed by atoms with van der Waals surface area (Å²) in [5.41, 5.74) is 0.520. The van der Waals surface area contributed by atoms with Crippen LogP contribution >= 0.6 is 11.8 Å². The van der Waals surface area contributed by atoms with Gasteiger partial charge < -0.3 is 10.3 Å². The van der Waals surface area contributed by atoms with Crippen LogP contribution in [0.25, 0.3) is 11.0 Å². The van der Waals surface area contributed by atoms with Crippen LogP contribution in [-0.2, 0) is 7.05 Å². The van der Waals surface area contributed by atoms with E-state index < -0.39 is 0 Å². The number of thioether (sulfide) groups is 1. The highest BCUT2D eigenvalue weighted by Crippen LogP contribution is 2.29. The summed E-state index contributed by atoms with van der Waals surface area (Å²) in [4.78, 5) is 27.9. The number of rotatable bonds is 4. The number of pyridine rings is 1. The summed E-state index contributed by atoms with van der Waals surface area (Å²) >= 11 is 1.88. The molecule has 2 heterocycles. The molecule has 0 bridgehead atoms. The van der Waals surface area contributed by atoms with Crippen LogP contribution in [0.4, 0.5) is 0 Å². The van der Waals surface area contributed by atoms with E-state index >= 15 is 0 Å². The molecule has 3 rings (SSSR count). The Morgan fingerprint density at radius 2 is 2.36 bits per heavy atom. The Morgan fingerprint density at radius 3 is 3.14 bits per heavy atom. The molecule has 0 spiro atoms. The molecule has 1 saturated carbocycles. The number of H-pyrrole nitrogens is 1. The van der Waals surface area contributed by atoms with Crippen LogP contribution in [0.2, 0.25) is 0 Å². The largest absolute Gasteiger partial charge is 0.348 e. The maximum absolute atomic E-state index is 12.5. The highest BCUT2D eigenvalue weighted by Gasteiger charge is 2.29. The normalized spacial score (nSPS) is 21.4. The van der Waals surface area contributed by atoms with Crippen LogP contribution in [-0.4, -0.2) is 37.7 Å². The van der Waals surface area contributed by atoms with Gasteiger partial charge in [-0.3, -0.25) is 14.3 Å². The molecular formula is C15H20N4O2S. The van der Waals surface area contributed by atoms with Crippen LogP contribution in [0, 0.1) is 0 Å². The topological polar surface area (TPSA) is 79.8 Å². The third-order valence-corrected chi connectivity index (χ3v) is 5.50. The van der Waals surface area contributed by atoms with Crippen molar-refractivity contribution in [3.05, 3.63) is 28.2 Å². The predicted molar refractivity (Wildman–Crippen MR) is 88.4 cm³/mol. The van der Waals surface area contributed by atoms with Gasteiger partial charge in [-0.1, -0.05) is 13.3 Å². The Bertz CT molecular complexity index is 752. The molecule has 7 heteroatoms. The minimum Gasteiger partial charge on any atom is -0.348 e. The minimum atomic E-state index is -0.291. The summed E-state index contributed by atoms with van der Waals surface area (Å²) in [5.74, 6) is 0.750. The van der Waals surface area contributed by atoms with Gasteiger partial charge in [-0.2, -0.15) is 16.9 Å².